The Kier molecular flexibility index (Phi) is 5.44. The summed E-state index contributed by atoms with van der Waals surface area (Å²) in [6.45, 7) is 0.235. The van der Waals surface area contributed by atoms with Crippen LogP contribution in [-0.4, -0.2) is 32.8 Å². The lowest BCUT2D eigenvalue weighted by Crippen LogP contribution is -2.28. The molecule has 3 amide bonds. The number of amides is 3. The number of carbonyl (C=O) groups is 3. The number of likely N-dealkylation sites (tertiary alicyclic amines) is 1. The average Bonchev–Trinajstić information content (AvgIpc) is 3.30. The lowest BCUT2D eigenvalue weighted by molar-refractivity contribution is -0.139. The number of hydrogen-bond donors (Lipinski definition) is 1. The zero-order valence-corrected chi connectivity index (χ0v) is 16.3. The zero-order chi connectivity index (χ0) is 20.2. The van der Waals surface area contributed by atoms with Gasteiger partial charge in [-0.1, -0.05) is 53.8 Å². The summed E-state index contributed by atoms with van der Waals surface area (Å²) in [7, 11) is 0. The van der Waals surface area contributed by atoms with Crippen molar-refractivity contribution in [1.82, 2.24) is 15.1 Å². The summed E-state index contributed by atoms with van der Waals surface area (Å²) in [6, 6.07) is 16.8. The van der Waals surface area contributed by atoms with Crippen molar-refractivity contribution in [3.8, 4) is 0 Å². The summed E-state index contributed by atoms with van der Waals surface area (Å²) < 4.78 is 0. The van der Waals surface area contributed by atoms with Crippen molar-refractivity contribution in [3.63, 3.8) is 0 Å². The van der Waals surface area contributed by atoms with Crippen molar-refractivity contribution in [2.45, 2.75) is 25.8 Å². The number of benzene rings is 2. The van der Waals surface area contributed by atoms with Crippen molar-refractivity contribution in [2.75, 3.05) is 5.32 Å². The highest BCUT2D eigenvalue weighted by atomic mass is 32.1. The highest BCUT2D eigenvalue weighted by Gasteiger charge is 2.28. The van der Waals surface area contributed by atoms with Crippen molar-refractivity contribution in [2.24, 2.45) is 0 Å². The van der Waals surface area contributed by atoms with Crippen LogP contribution in [0.15, 0.2) is 54.6 Å². The van der Waals surface area contributed by atoms with Crippen LogP contribution >= 0.6 is 11.3 Å². The Morgan fingerprint density at radius 2 is 1.62 bits per heavy atom. The van der Waals surface area contributed by atoms with Gasteiger partial charge in [-0.15, -0.1) is 10.2 Å². The molecule has 4 rings (SSSR count). The number of rotatable bonds is 6. The van der Waals surface area contributed by atoms with Gasteiger partial charge in [0.1, 0.15) is 5.01 Å². The van der Waals surface area contributed by atoms with Gasteiger partial charge >= 0.3 is 0 Å². The van der Waals surface area contributed by atoms with Gasteiger partial charge in [-0.3, -0.25) is 24.6 Å². The number of anilines is 1. The quantitative estimate of drug-likeness (QED) is 0.635. The van der Waals surface area contributed by atoms with Crippen LogP contribution in [0.25, 0.3) is 0 Å². The number of hydrogen-bond acceptors (Lipinski definition) is 6. The van der Waals surface area contributed by atoms with Gasteiger partial charge < -0.3 is 0 Å². The maximum absolute atomic E-state index is 12.5. The fourth-order valence-corrected chi connectivity index (χ4v) is 3.83. The van der Waals surface area contributed by atoms with Gasteiger partial charge in [0.15, 0.2) is 0 Å². The summed E-state index contributed by atoms with van der Waals surface area (Å²) in [5.74, 6) is -0.592. The highest BCUT2D eigenvalue weighted by molar-refractivity contribution is 7.15. The molecule has 1 fully saturated rings. The van der Waals surface area contributed by atoms with Gasteiger partial charge in [-0.2, -0.15) is 0 Å². The number of aromatic nitrogens is 2. The minimum absolute atomic E-state index is 0.153. The number of nitrogens with zero attached hydrogens (tertiary/aromatic N) is 3. The number of carbonyl (C=O) groups excluding carboxylic acids is 3. The van der Waals surface area contributed by atoms with E-state index in [1.54, 1.807) is 24.3 Å². The molecule has 3 aromatic rings. The molecule has 2 heterocycles. The summed E-state index contributed by atoms with van der Waals surface area (Å²) in [4.78, 5) is 37.1. The van der Waals surface area contributed by atoms with Gasteiger partial charge in [0.05, 0.1) is 6.54 Å². The minimum Gasteiger partial charge on any atom is -0.296 e. The molecule has 1 N–H and O–H groups in total. The molecule has 7 nitrogen and oxygen atoms in total. The predicted molar refractivity (Wildman–Crippen MR) is 108 cm³/mol. The Labute approximate surface area is 171 Å². The van der Waals surface area contributed by atoms with Crippen LogP contribution in [0.3, 0.4) is 0 Å². The van der Waals surface area contributed by atoms with Crippen LogP contribution in [0.4, 0.5) is 5.13 Å². The average molecular weight is 406 g/mol. The highest BCUT2D eigenvalue weighted by Crippen LogP contribution is 2.20. The first-order valence-electron chi connectivity index (χ1n) is 9.18. The van der Waals surface area contributed by atoms with E-state index in [4.69, 9.17) is 0 Å². The molecule has 0 aliphatic carbocycles. The first-order chi connectivity index (χ1) is 14.1. The van der Waals surface area contributed by atoms with Crippen molar-refractivity contribution < 1.29 is 14.4 Å². The van der Waals surface area contributed by atoms with Gasteiger partial charge in [-0.25, -0.2) is 0 Å². The topological polar surface area (TPSA) is 92.3 Å². The zero-order valence-electron chi connectivity index (χ0n) is 15.5. The second-order valence-corrected chi connectivity index (χ2v) is 7.75. The molecule has 1 aliphatic rings. The SMILES string of the molecule is O=C(Nc1nnc(Cc2ccccc2)s1)c1ccc(CN2C(=O)CCC2=O)cc1. The summed E-state index contributed by atoms with van der Waals surface area (Å²) >= 11 is 1.34. The Balaban J connectivity index is 1.36. The maximum Gasteiger partial charge on any atom is 0.257 e. The van der Waals surface area contributed by atoms with Crippen LogP contribution in [0.5, 0.6) is 0 Å². The van der Waals surface area contributed by atoms with Gasteiger partial charge in [-0.05, 0) is 23.3 Å². The van der Waals surface area contributed by atoms with E-state index < -0.39 is 0 Å². The van der Waals surface area contributed by atoms with Crippen LogP contribution in [0.1, 0.15) is 39.3 Å². The van der Waals surface area contributed by atoms with E-state index in [1.165, 1.54) is 16.2 Å². The van der Waals surface area contributed by atoms with Gasteiger partial charge in [0, 0.05) is 24.8 Å². The summed E-state index contributed by atoms with van der Waals surface area (Å²) in [6.07, 6.45) is 1.21. The first kappa shape index (κ1) is 18.9. The summed E-state index contributed by atoms with van der Waals surface area (Å²) in [5, 5.41) is 12.2. The molecule has 1 aromatic heterocycles. The van der Waals surface area contributed by atoms with Crippen molar-refractivity contribution in [3.05, 3.63) is 76.3 Å². The molecular weight excluding hydrogens is 388 g/mol. The number of nitrogens with one attached hydrogen (secondary N) is 1. The lowest BCUT2D eigenvalue weighted by Gasteiger charge is -2.13. The van der Waals surface area contributed by atoms with E-state index in [0.717, 1.165) is 16.1 Å². The van der Waals surface area contributed by atoms with E-state index in [0.29, 0.717) is 17.1 Å². The first-order valence-corrected chi connectivity index (χ1v) is 10.00. The molecule has 2 aromatic carbocycles. The molecule has 29 heavy (non-hydrogen) atoms. The van der Waals surface area contributed by atoms with Gasteiger partial charge in [0.25, 0.3) is 5.91 Å². The molecular formula is C21H18N4O3S. The van der Waals surface area contributed by atoms with E-state index >= 15 is 0 Å². The normalized spacial score (nSPS) is 13.7. The standard InChI is InChI=1S/C21H18N4O3S/c26-18-10-11-19(27)25(18)13-15-6-8-16(9-7-15)20(28)22-21-24-23-17(29-21)12-14-4-2-1-3-5-14/h1-9H,10-13H2,(H,22,24,28). The molecule has 1 aliphatic heterocycles. The van der Waals surface area contributed by atoms with Crippen molar-refractivity contribution >= 4 is 34.2 Å². The Morgan fingerprint density at radius 1 is 0.931 bits per heavy atom. The Morgan fingerprint density at radius 3 is 2.31 bits per heavy atom. The van der Waals surface area contributed by atoms with E-state index in [1.807, 2.05) is 30.3 Å². The molecule has 1 saturated heterocycles. The predicted octanol–water partition coefficient (Wildman–Crippen LogP) is 3.03. The third kappa shape index (κ3) is 4.55. The largest absolute Gasteiger partial charge is 0.296 e. The van der Waals surface area contributed by atoms with Crippen molar-refractivity contribution in [1.29, 1.82) is 0 Å². The molecule has 0 radical (unpaired) electrons. The van der Waals surface area contributed by atoms with E-state index in [9.17, 15) is 14.4 Å². The molecule has 0 spiro atoms. The maximum atomic E-state index is 12.5. The molecule has 0 unspecified atom stereocenters. The summed E-state index contributed by atoms with van der Waals surface area (Å²) in [5.41, 5.74) is 2.39. The second kappa shape index (κ2) is 8.32. The molecule has 8 heteroatoms. The molecule has 146 valence electrons. The number of imide groups is 1. The third-order valence-corrected chi connectivity index (χ3v) is 5.44. The van der Waals surface area contributed by atoms with Gasteiger partial charge in [0.2, 0.25) is 16.9 Å². The van der Waals surface area contributed by atoms with Crippen LogP contribution in [0.2, 0.25) is 0 Å². The Bertz CT molecular complexity index is 1030. The van der Waals surface area contributed by atoms with Crippen LogP contribution in [0, 0.1) is 0 Å². The monoisotopic (exact) mass is 406 g/mol. The van der Waals surface area contributed by atoms with E-state index in [2.05, 4.69) is 15.5 Å². The fourth-order valence-electron chi connectivity index (χ4n) is 3.06. The Hall–Kier alpha value is -3.39. The molecule has 0 saturated carbocycles. The van der Waals surface area contributed by atoms with Crippen LogP contribution < -0.4 is 5.32 Å². The smallest absolute Gasteiger partial charge is 0.257 e. The fraction of sp³-hybridized carbons (Fsp3) is 0.190. The minimum atomic E-state index is -0.285. The molecule has 0 bridgehead atoms. The van der Waals surface area contributed by atoms with E-state index in [-0.39, 0.29) is 37.1 Å². The third-order valence-electron chi connectivity index (χ3n) is 4.60. The van der Waals surface area contributed by atoms with Crippen LogP contribution in [-0.2, 0) is 22.6 Å². The lowest BCUT2D eigenvalue weighted by atomic mass is 10.1. The molecule has 0 atom stereocenters. The second-order valence-electron chi connectivity index (χ2n) is 6.69.